The molecule has 0 spiro atoms. The molecule has 0 aromatic heterocycles. The summed E-state index contributed by atoms with van der Waals surface area (Å²) in [7, 11) is 1.90. The third-order valence-electron chi connectivity index (χ3n) is 3.72. The second kappa shape index (κ2) is 6.70. The van der Waals surface area contributed by atoms with Crippen LogP contribution in [0.1, 0.15) is 28.8 Å². The van der Waals surface area contributed by atoms with E-state index in [0.717, 1.165) is 22.2 Å². The highest BCUT2D eigenvalue weighted by Gasteiger charge is 2.17. The molecule has 1 aliphatic heterocycles. The molecule has 0 radical (unpaired) electrons. The minimum absolute atomic E-state index is 0.132. The molecule has 0 saturated carbocycles. The van der Waals surface area contributed by atoms with Crippen molar-refractivity contribution >= 4 is 28.5 Å². The third-order valence-corrected chi connectivity index (χ3v) is 5.15. The van der Waals surface area contributed by atoms with Crippen LogP contribution in [0.15, 0.2) is 18.2 Å². The zero-order chi connectivity index (χ0) is 13.8. The SMILES string of the molecule is Cc1cccc(C(=O)N(C)CCN2CCCC2)c1I. The average Bonchev–Trinajstić information content (AvgIpc) is 2.91. The number of hydrogen-bond acceptors (Lipinski definition) is 2. The smallest absolute Gasteiger partial charge is 0.254 e. The molecular weight excluding hydrogens is 351 g/mol. The highest BCUT2D eigenvalue weighted by atomic mass is 127. The number of carbonyl (C=O) groups is 1. The molecule has 0 unspecified atom stereocenters. The Labute approximate surface area is 129 Å². The summed E-state index contributed by atoms with van der Waals surface area (Å²) >= 11 is 2.26. The van der Waals surface area contributed by atoms with Crippen molar-refractivity contribution in [3.05, 3.63) is 32.9 Å². The zero-order valence-electron chi connectivity index (χ0n) is 11.7. The molecule has 1 heterocycles. The number of likely N-dealkylation sites (N-methyl/N-ethyl adjacent to an activating group) is 1. The van der Waals surface area contributed by atoms with E-state index in [4.69, 9.17) is 0 Å². The summed E-state index contributed by atoms with van der Waals surface area (Å²) in [4.78, 5) is 16.7. The van der Waals surface area contributed by atoms with Gasteiger partial charge in [0.2, 0.25) is 0 Å². The molecule has 0 N–H and O–H groups in total. The second-order valence-electron chi connectivity index (χ2n) is 5.21. The van der Waals surface area contributed by atoms with Crippen LogP contribution in [0, 0.1) is 10.5 Å². The van der Waals surface area contributed by atoms with Gasteiger partial charge in [0.1, 0.15) is 0 Å². The Balaban J connectivity index is 1.96. The number of benzene rings is 1. The molecule has 104 valence electrons. The maximum absolute atomic E-state index is 12.4. The van der Waals surface area contributed by atoms with Crippen LogP contribution in [0.25, 0.3) is 0 Å². The topological polar surface area (TPSA) is 23.6 Å². The Bertz CT molecular complexity index is 455. The van der Waals surface area contributed by atoms with E-state index in [9.17, 15) is 4.79 Å². The van der Waals surface area contributed by atoms with E-state index in [1.54, 1.807) is 0 Å². The summed E-state index contributed by atoms with van der Waals surface area (Å²) in [6.07, 6.45) is 2.60. The first-order chi connectivity index (χ1) is 9.09. The van der Waals surface area contributed by atoms with E-state index in [0.29, 0.717) is 0 Å². The first-order valence-corrected chi connectivity index (χ1v) is 7.90. The van der Waals surface area contributed by atoms with Gasteiger partial charge in [-0.2, -0.15) is 0 Å². The van der Waals surface area contributed by atoms with Gasteiger partial charge in [0.25, 0.3) is 5.91 Å². The van der Waals surface area contributed by atoms with Crippen molar-refractivity contribution < 1.29 is 4.79 Å². The minimum atomic E-state index is 0.132. The summed E-state index contributed by atoms with van der Waals surface area (Å²) in [5, 5.41) is 0. The van der Waals surface area contributed by atoms with Gasteiger partial charge in [-0.3, -0.25) is 4.79 Å². The van der Waals surface area contributed by atoms with Crippen LogP contribution in [-0.4, -0.2) is 48.9 Å². The number of carbonyl (C=O) groups excluding carboxylic acids is 1. The molecule has 1 saturated heterocycles. The van der Waals surface area contributed by atoms with E-state index in [1.807, 2.05) is 37.1 Å². The first-order valence-electron chi connectivity index (χ1n) is 6.82. The van der Waals surface area contributed by atoms with Crippen LogP contribution in [0.5, 0.6) is 0 Å². The van der Waals surface area contributed by atoms with Gasteiger partial charge < -0.3 is 9.80 Å². The number of hydrogen-bond donors (Lipinski definition) is 0. The molecule has 19 heavy (non-hydrogen) atoms. The quantitative estimate of drug-likeness (QED) is 0.759. The maximum Gasteiger partial charge on any atom is 0.254 e. The highest BCUT2D eigenvalue weighted by molar-refractivity contribution is 14.1. The Morgan fingerprint density at radius 1 is 1.37 bits per heavy atom. The van der Waals surface area contributed by atoms with E-state index in [2.05, 4.69) is 27.5 Å². The van der Waals surface area contributed by atoms with Gasteiger partial charge in [-0.15, -0.1) is 0 Å². The van der Waals surface area contributed by atoms with E-state index in [1.165, 1.54) is 31.5 Å². The first kappa shape index (κ1) is 14.8. The van der Waals surface area contributed by atoms with Crippen LogP contribution >= 0.6 is 22.6 Å². The summed E-state index contributed by atoms with van der Waals surface area (Å²) in [5.74, 6) is 0.132. The average molecular weight is 372 g/mol. The van der Waals surface area contributed by atoms with Crippen LogP contribution in [0.2, 0.25) is 0 Å². The normalized spacial score (nSPS) is 15.7. The number of likely N-dealkylation sites (tertiary alicyclic amines) is 1. The van der Waals surface area contributed by atoms with E-state index in [-0.39, 0.29) is 5.91 Å². The van der Waals surface area contributed by atoms with Crippen molar-refractivity contribution in [3.8, 4) is 0 Å². The molecule has 1 fully saturated rings. The summed E-state index contributed by atoms with van der Waals surface area (Å²) in [5.41, 5.74) is 1.99. The molecule has 1 aromatic carbocycles. The van der Waals surface area contributed by atoms with Crippen LogP contribution in [-0.2, 0) is 0 Å². The summed E-state index contributed by atoms with van der Waals surface area (Å²) in [6, 6.07) is 5.92. The van der Waals surface area contributed by atoms with Gasteiger partial charge in [-0.25, -0.2) is 0 Å². The molecule has 1 aromatic rings. The summed E-state index contributed by atoms with van der Waals surface area (Å²) < 4.78 is 1.07. The fourth-order valence-corrected chi connectivity index (χ4v) is 3.01. The largest absolute Gasteiger partial charge is 0.340 e. The van der Waals surface area contributed by atoms with Crippen molar-refractivity contribution in [2.24, 2.45) is 0 Å². The van der Waals surface area contributed by atoms with Crippen molar-refractivity contribution in [1.82, 2.24) is 9.80 Å². The monoisotopic (exact) mass is 372 g/mol. The molecular formula is C15H21IN2O. The lowest BCUT2D eigenvalue weighted by Crippen LogP contribution is -2.35. The molecule has 3 nitrogen and oxygen atoms in total. The summed E-state index contributed by atoms with van der Waals surface area (Å²) in [6.45, 7) is 6.21. The number of aryl methyl sites for hydroxylation is 1. The minimum Gasteiger partial charge on any atom is -0.340 e. The Morgan fingerprint density at radius 3 is 2.74 bits per heavy atom. The molecule has 0 bridgehead atoms. The van der Waals surface area contributed by atoms with Crippen LogP contribution < -0.4 is 0 Å². The van der Waals surface area contributed by atoms with Crippen molar-refractivity contribution in [2.75, 3.05) is 33.2 Å². The van der Waals surface area contributed by atoms with Gasteiger partial charge in [-0.1, -0.05) is 12.1 Å². The van der Waals surface area contributed by atoms with E-state index >= 15 is 0 Å². The number of nitrogens with zero attached hydrogens (tertiary/aromatic N) is 2. The van der Waals surface area contributed by atoms with Crippen molar-refractivity contribution in [1.29, 1.82) is 0 Å². The molecule has 2 rings (SSSR count). The molecule has 0 atom stereocenters. The fourth-order valence-electron chi connectivity index (χ4n) is 2.42. The third kappa shape index (κ3) is 3.69. The van der Waals surface area contributed by atoms with E-state index < -0.39 is 0 Å². The van der Waals surface area contributed by atoms with Gasteiger partial charge in [-0.05, 0) is 67.1 Å². The van der Waals surface area contributed by atoms with Gasteiger partial charge >= 0.3 is 0 Å². The maximum atomic E-state index is 12.4. The van der Waals surface area contributed by atoms with Gasteiger partial charge in [0.05, 0.1) is 5.56 Å². The zero-order valence-corrected chi connectivity index (χ0v) is 13.8. The lowest BCUT2D eigenvalue weighted by atomic mass is 10.1. The highest BCUT2D eigenvalue weighted by Crippen LogP contribution is 2.18. The Kier molecular flexibility index (Phi) is 5.21. The Morgan fingerprint density at radius 2 is 2.05 bits per heavy atom. The Hall–Kier alpha value is -0.620. The second-order valence-corrected chi connectivity index (χ2v) is 6.29. The molecule has 1 aliphatic rings. The lowest BCUT2D eigenvalue weighted by Gasteiger charge is -2.22. The number of halogens is 1. The number of rotatable bonds is 4. The predicted octanol–water partition coefficient (Wildman–Crippen LogP) is 2.77. The predicted molar refractivity (Wildman–Crippen MR) is 86.5 cm³/mol. The number of amides is 1. The lowest BCUT2D eigenvalue weighted by molar-refractivity contribution is 0.0781. The van der Waals surface area contributed by atoms with Crippen LogP contribution in [0.4, 0.5) is 0 Å². The van der Waals surface area contributed by atoms with Crippen LogP contribution in [0.3, 0.4) is 0 Å². The molecule has 0 aliphatic carbocycles. The van der Waals surface area contributed by atoms with Crippen molar-refractivity contribution in [3.63, 3.8) is 0 Å². The molecule has 4 heteroatoms. The van der Waals surface area contributed by atoms with Gasteiger partial charge in [0, 0.05) is 23.7 Å². The standard InChI is InChI=1S/C15H21IN2O/c1-12-6-5-7-13(14(12)16)15(19)17(2)10-11-18-8-3-4-9-18/h5-7H,3-4,8-11H2,1-2H3. The molecule has 1 amide bonds. The van der Waals surface area contributed by atoms with Gasteiger partial charge in [0.15, 0.2) is 0 Å². The fraction of sp³-hybridized carbons (Fsp3) is 0.533. The van der Waals surface area contributed by atoms with Crippen molar-refractivity contribution in [2.45, 2.75) is 19.8 Å².